The van der Waals surface area contributed by atoms with Crippen molar-refractivity contribution in [3.8, 4) is 5.69 Å². The van der Waals surface area contributed by atoms with Crippen LogP contribution in [-0.4, -0.2) is 14.8 Å². The van der Waals surface area contributed by atoms with Crippen molar-refractivity contribution in [1.82, 2.24) is 14.8 Å². The Bertz CT molecular complexity index is 619. The maximum Gasteiger partial charge on any atom is 0.0653 e. The summed E-state index contributed by atoms with van der Waals surface area (Å²) in [6, 6.07) is 8.37. The number of fused-ring (bicyclic) bond motifs is 1. The zero-order chi connectivity index (χ0) is 11.0. The highest BCUT2D eigenvalue weighted by Gasteiger charge is 2.01. The fourth-order valence-electron chi connectivity index (χ4n) is 1.87. The van der Waals surface area contributed by atoms with Gasteiger partial charge in [-0.1, -0.05) is 6.92 Å². The summed E-state index contributed by atoms with van der Waals surface area (Å²) in [4.78, 5) is 3.18. The number of benzene rings is 1. The van der Waals surface area contributed by atoms with E-state index in [2.05, 4.69) is 47.5 Å². The topological polar surface area (TPSA) is 33.6 Å². The largest absolute Gasteiger partial charge is 0.361 e. The van der Waals surface area contributed by atoms with Gasteiger partial charge in [0.25, 0.3) is 0 Å². The summed E-state index contributed by atoms with van der Waals surface area (Å²) in [7, 11) is 0. The fraction of sp³-hybridized carbons (Fsp3) is 0.154. The first-order valence-corrected chi connectivity index (χ1v) is 5.48. The molecule has 0 radical (unpaired) electrons. The van der Waals surface area contributed by atoms with E-state index in [0.29, 0.717) is 0 Å². The Morgan fingerprint density at radius 2 is 2.25 bits per heavy atom. The van der Waals surface area contributed by atoms with Crippen LogP contribution in [0.5, 0.6) is 0 Å². The number of aryl methyl sites for hydroxylation is 1. The van der Waals surface area contributed by atoms with E-state index >= 15 is 0 Å². The zero-order valence-corrected chi connectivity index (χ0v) is 9.14. The highest BCUT2D eigenvalue weighted by atomic mass is 15.3. The molecule has 1 aromatic carbocycles. The molecule has 0 bridgehead atoms. The minimum atomic E-state index is 1.02. The Kier molecular flexibility index (Phi) is 2.03. The lowest BCUT2D eigenvalue weighted by atomic mass is 10.2. The molecule has 0 saturated heterocycles. The molecule has 3 nitrogen and oxygen atoms in total. The summed E-state index contributed by atoms with van der Waals surface area (Å²) in [5, 5.41) is 5.57. The number of aromatic nitrogens is 3. The van der Waals surface area contributed by atoms with Gasteiger partial charge in [-0.05, 0) is 36.2 Å². The molecule has 3 heteroatoms. The number of nitrogens with one attached hydrogen (secondary N) is 1. The van der Waals surface area contributed by atoms with Crippen LogP contribution in [0, 0.1) is 0 Å². The number of nitrogens with zero attached hydrogens (tertiary/aromatic N) is 2. The van der Waals surface area contributed by atoms with Gasteiger partial charge in [-0.15, -0.1) is 0 Å². The van der Waals surface area contributed by atoms with Crippen LogP contribution in [0.2, 0.25) is 0 Å². The summed E-state index contributed by atoms with van der Waals surface area (Å²) in [6.07, 6.45) is 6.97. The van der Waals surface area contributed by atoms with Crippen molar-refractivity contribution in [2.24, 2.45) is 0 Å². The molecule has 0 amide bonds. The van der Waals surface area contributed by atoms with Gasteiger partial charge in [-0.25, -0.2) is 4.68 Å². The fourth-order valence-corrected chi connectivity index (χ4v) is 1.87. The molecule has 80 valence electrons. The van der Waals surface area contributed by atoms with Crippen LogP contribution in [0.25, 0.3) is 16.6 Å². The van der Waals surface area contributed by atoms with Crippen LogP contribution in [0.1, 0.15) is 12.5 Å². The first kappa shape index (κ1) is 9.21. The molecule has 0 spiro atoms. The van der Waals surface area contributed by atoms with Gasteiger partial charge in [0, 0.05) is 23.3 Å². The highest BCUT2D eigenvalue weighted by molar-refractivity contribution is 5.81. The van der Waals surface area contributed by atoms with E-state index in [9.17, 15) is 0 Å². The third kappa shape index (κ3) is 1.41. The van der Waals surface area contributed by atoms with E-state index in [0.717, 1.165) is 17.6 Å². The summed E-state index contributed by atoms with van der Waals surface area (Å²) in [6.45, 7) is 2.14. The van der Waals surface area contributed by atoms with E-state index in [1.54, 1.807) is 0 Å². The van der Waals surface area contributed by atoms with Gasteiger partial charge in [0.05, 0.1) is 11.9 Å². The third-order valence-corrected chi connectivity index (χ3v) is 2.85. The SMILES string of the molecule is CCc1cnn(-c2ccc3[nH]ccc3c2)c1. The molecule has 3 aromatic rings. The Morgan fingerprint density at radius 3 is 3.06 bits per heavy atom. The Balaban J connectivity index is 2.10. The van der Waals surface area contributed by atoms with E-state index in [-0.39, 0.29) is 0 Å². The highest BCUT2D eigenvalue weighted by Crippen LogP contribution is 2.17. The van der Waals surface area contributed by atoms with E-state index in [1.807, 2.05) is 17.1 Å². The third-order valence-electron chi connectivity index (χ3n) is 2.85. The minimum Gasteiger partial charge on any atom is -0.361 e. The summed E-state index contributed by atoms with van der Waals surface area (Å²) < 4.78 is 1.92. The molecule has 0 aliphatic heterocycles. The van der Waals surface area contributed by atoms with Crippen molar-refractivity contribution >= 4 is 10.9 Å². The van der Waals surface area contributed by atoms with Crippen molar-refractivity contribution in [2.45, 2.75) is 13.3 Å². The van der Waals surface area contributed by atoms with E-state index in [4.69, 9.17) is 0 Å². The number of rotatable bonds is 2. The predicted octanol–water partition coefficient (Wildman–Crippen LogP) is 2.92. The normalized spacial score (nSPS) is 11.1. The number of H-pyrrole nitrogens is 1. The standard InChI is InChI=1S/C13H13N3/c1-2-10-8-15-16(9-10)12-3-4-13-11(7-12)5-6-14-13/h3-9,14H,2H2,1H3. The van der Waals surface area contributed by atoms with Crippen LogP contribution in [0.3, 0.4) is 0 Å². The molecular weight excluding hydrogens is 198 g/mol. The van der Waals surface area contributed by atoms with E-state index in [1.165, 1.54) is 10.9 Å². The predicted molar refractivity (Wildman–Crippen MR) is 64.8 cm³/mol. The van der Waals surface area contributed by atoms with Crippen LogP contribution in [-0.2, 0) is 6.42 Å². The van der Waals surface area contributed by atoms with Crippen LogP contribution in [0.15, 0.2) is 42.9 Å². The van der Waals surface area contributed by atoms with Crippen molar-refractivity contribution in [1.29, 1.82) is 0 Å². The molecular formula is C13H13N3. The van der Waals surface area contributed by atoms with Crippen LogP contribution < -0.4 is 0 Å². The average molecular weight is 211 g/mol. The maximum absolute atomic E-state index is 4.35. The summed E-state index contributed by atoms with van der Waals surface area (Å²) >= 11 is 0. The molecule has 0 saturated carbocycles. The number of aromatic amines is 1. The lowest BCUT2D eigenvalue weighted by molar-refractivity contribution is 0.881. The first-order valence-electron chi connectivity index (χ1n) is 5.48. The van der Waals surface area contributed by atoms with E-state index < -0.39 is 0 Å². The second-order valence-corrected chi connectivity index (χ2v) is 3.90. The van der Waals surface area contributed by atoms with Gasteiger partial charge in [0.2, 0.25) is 0 Å². The van der Waals surface area contributed by atoms with Gasteiger partial charge >= 0.3 is 0 Å². The zero-order valence-electron chi connectivity index (χ0n) is 9.14. The average Bonchev–Trinajstić information content (AvgIpc) is 2.96. The Morgan fingerprint density at radius 1 is 1.31 bits per heavy atom. The van der Waals surface area contributed by atoms with Crippen molar-refractivity contribution in [3.05, 3.63) is 48.4 Å². The van der Waals surface area contributed by atoms with Gasteiger partial charge in [-0.3, -0.25) is 0 Å². The van der Waals surface area contributed by atoms with Crippen LogP contribution in [0.4, 0.5) is 0 Å². The van der Waals surface area contributed by atoms with Crippen molar-refractivity contribution in [3.63, 3.8) is 0 Å². The Hall–Kier alpha value is -2.03. The monoisotopic (exact) mass is 211 g/mol. The quantitative estimate of drug-likeness (QED) is 0.694. The molecule has 0 aliphatic carbocycles. The first-order chi connectivity index (χ1) is 7.86. The second-order valence-electron chi connectivity index (χ2n) is 3.90. The summed E-state index contributed by atoms with van der Waals surface area (Å²) in [5.41, 5.74) is 3.52. The van der Waals surface area contributed by atoms with Gasteiger partial charge in [-0.2, -0.15) is 5.10 Å². The Labute approximate surface area is 93.7 Å². The van der Waals surface area contributed by atoms with Gasteiger partial charge in [0.1, 0.15) is 0 Å². The molecule has 0 aliphatic rings. The molecule has 1 N–H and O–H groups in total. The molecule has 0 atom stereocenters. The van der Waals surface area contributed by atoms with Crippen molar-refractivity contribution in [2.75, 3.05) is 0 Å². The lowest BCUT2D eigenvalue weighted by Crippen LogP contribution is -1.93. The maximum atomic E-state index is 4.35. The minimum absolute atomic E-state index is 1.02. The summed E-state index contributed by atoms with van der Waals surface area (Å²) in [5.74, 6) is 0. The van der Waals surface area contributed by atoms with Gasteiger partial charge in [0.15, 0.2) is 0 Å². The van der Waals surface area contributed by atoms with Crippen molar-refractivity contribution < 1.29 is 0 Å². The lowest BCUT2D eigenvalue weighted by Gasteiger charge is -2.00. The molecule has 3 rings (SSSR count). The number of hydrogen-bond acceptors (Lipinski definition) is 1. The molecule has 2 heterocycles. The molecule has 0 unspecified atom stereocenters. The van der Waals surface area contributed by atoms with Gasteiger partial charge < -0.3 is 4.98 Å². The molecule has 16 heavy (non-hydrogen) atoms. The molecule has 2 aromatic heterocycles. The molecule has 0 fully saturated rings. The number of hydrogen-bond donors (Lipinski definition) is 1. The van der Waals surface area contributed by atoms with Crippen LogP contribution >= 0.6 is 0 Å². The smallest absolute Gasteiger partial charge is 0.0653 e. The second kappa shape index (κ2) is 3.52.